The second-order valence-electron chi connectivity index (χ2n) is 4.75. The van der Waals surface area contributed by atoms with Gasteiger partial charge >= 0.3 is 0 Å². The number of nitrogens with two attached hydrogens (primary N) is 1. The van der Waals surface area contributed by atoms with E-state index in [1.165, 1.54) is 16.3 Å². The molecule has 0 amide bonds. The van der Waals surface area contributed by atoms with Crippen LogP contribution in [0.1, 0.15) is 19.4 Å². The van der Waals surface area contributed by atoms with Gasteiger partial charge in [-0.2, -0.15) is 0 Å². The first-order chi connectivity index (χ1) is 7.68. The molecule has 0 heterocycles. The van der Waals surface area contributed by atoms with Gasteiger partial charge in [-0.05, 0) is 28.7 Å². The van der Waals surface area contributed by atoms with Crippen LogP contribution in [-0.2, 0) is 6.42 Å². The van der Waals surface area contributed by atoms with Crippen molar-refractivity contribution >= 4 is 10.8 Å². The molecule has 0 aromatic heterocycles. The van der Waals surface area contributed by atoms with E-state index in [1.807, 2.05) is 0 Å². The van der Waals surface area contributed by atoms with Crippen molar-refractivity contribution in [3.63, 3.8) is 0 Å². The van der Waals surface area contributed by atoms with Gasteiger partial charge in [0.15, 0.2) is 0 Å². The molecule has 2 aromatic carbocycles. The van der Waals surface area contributed by atoms with Crippen LogP contribution in [0.25, 0.3) is 10.8 Å². The summed E-state index contributed by atoms with van der Waals surface area (Å²) in [5.74, 6) is 0.527. The first kappa shape index (κ1) is 11.2. The summed E-state index contributed by atoms with van der Waals surface area (Å²) in [5, 5.41) is 2.64. The number of rotatable bonds is 3. The van der Waals surface area contributed by atoms with Crippen LogP contribution in [0.5, 0.6) is 0 Å². The van der Waals surface area contributed by atoms with Crippen LogP contribution < -0.4 is 5.73 Å². The maximum atomic E-state index is 6.14. The van der Waals surface area contributed by atoms with E-state index in [-0.39, 0.29) is 6.04 Å². The van der Waals surface area contributed by atoms with Gasteiger partial charge in [0.05, 0.1) is 0 Å². The third kappa shape index (κ3) is 2.25. The molecule has 0 aliphatic carbocycles. The Morgan fingerprint density at radius 2 is 1.69 bits per heavy atom. The van der Waals surface area contributed by atoms with Crippen molar-refractivity contribution < 1.29 is 0 Å². The van der Waals surface area contributed by atoms with Gasteiger partial charge in [-0.3, -0.25) is 0 Å². The van der Waals surface area contributed by atoms with Gasteiger partial charge in [-0.25, -0.2) is 0 Å². The van der Waals surface area contributed by atoms with Crippen molar-refractivity contribution in [2.45, 2.75) is 26.3 Å². The summed E-state index contributed by atoms with van der Waals surface area (Å²) in [4.78, 5) is 0. The number of hydrogen-bond acceptors (Lipinski definition) is 1. The standard InChI is InChI=1S/C15H19N/c1-11(2)15(16)10-13-8-5-7-12-6-3-4-9-14(12)13/h3-9,11,15H,10,16H2,1-2H3. The summed E-state index contributed by atoms with van der Waals surface area (Å²) < 4.78 is 0. The molecule has 2 aromatic rings. The van der Waals surface area contributed by atoms with E-state index in [1.54, 1.807) is 0 Å². The molecule has 0 fully saturated rings. The maximum Gasteiger partial charge on any atom is 0.0103 e. The zero-order chi connectivity index (χ0) is 11.5. The van der Waals surface area contributed by atoms with Crippen LogP contribution in [0.15, 0.2) is 42.5 Å². The van der Waals surface area contributed by atoms with E-state index in [2.05, 4.69) is 56.3 Å². The first-order valence-electron chi connectivity index (χ1n) is 5.90. The van der Waals surface area contributed by atoms with Crippen molar-refractivity contribution in [2.24, 2.45) is 11.7 Å². The molecule has 16 heavy (non-hydrogen) atoms. The monoisotopic (exact) mass is 213 g/mol. The predicted octanol–water partition coefficient (Wildman–Crippen LogP) is 3.37. The molecule has 1 heteroatoms. The Morgan fingerprint density at radius 1 is 1.00 bits per heavy atom. The zero-order valence-electron chi connectivity index (χ0n) is 9.98. The Hall–Kier alpha value is -1.34. The lowest BCUT2D eigenvalue weighted by atomic mass is 9.94. The molecule has 1 unspecified atom stereocenters. The van der Waals surface area contributed by atoms with Crippen LogP contribution in [0.3, 0.4) is 0 Å². The highest BCUT2D eigenvalue weighted by Crippen LogP contribution is 2.20. The topological polar surface area (TPSA) is 26.0 Å². The average molecular weight is 213 g/mol. The normalized spacial score (nSPS) is 13.2. The number of benzene rings is 2. The summed E-state index contributed by atoms with van der Waals surface area (Å²) in [6, 6.07) is 15.2. The summed E-state index contributed by atoms with van der Waals surface area (Å²) in [7, 11) is 0. The Bertz CT molecular complexity index is 468. The molecule has 0 saturated heterocycles. The van der Waals surface area contributed by atoms with Crippen LogP contribution in [0, 0.1) is 5.92 Å². The Kier molecular flexibility index (Phi) is 3.25. The van der Waals surface area contributed by atoms with E-state index in [9.17, 15) is 0 Å². The van der Waals surface area contributed by atoms with Crippen molar-refractivity contribution in [3.8, 4) is 0 Å². The molecule has 84 valence electrons. The second kappa shape index (κ2) is 4.67. The highest BCUT2D eigenvalue weighted by molar-refractivity contribution is 5.85. The second-order valence-corrected chi connectivity index (χ2v) is 4.75. The van der Waals surface area contributed by atoms with Crippen LogP contribution in [-0.4, -0.2) is 6.04 Å². The average Bonchev–Trinajstić information content (AvgIpc) is 2.29. The minimum absolute atomic E-state index is 0.241. The molecule has 1 atom stereocenters. The van der Waals surface area contributed by atoms with E-state index < -0.39 is 0 Å². The quantitative estimate of drug-likeness (QED) is 0.831. The van der Waals surface area contributed by atoms with Crippen molar-refractivity contribution in [1.29, 1.82) is 0 Å². The summed E-state index contributed by atoms with van der Waals surface area (Å²) >= 11 is 0. The van der Waals surface area contributed by atoms with Crippen molar-refractivity contribution in [2.75, 3.05) is 0 Å². The number of fused-ring (bicyclic) bond motifs is 1. The smallest absolute Gasteiger partial charge is 0.0103 e. The van der Waals surface area contributed by atoms with Gasteiger partial charge in [0.2, 0.25) is 0 Å². The lowest BCUT2D eigenvalue weighted by molar-refractivity contribution is 0.492. The Morgan fingerprint density at radius 3 is 2.44 bits per heavy atom. The van der Waals surface area contributed by atoms with E-state index in [0.717, 1.165) is 6.42 Å². The highest BCUT2D eigenvalue weighted by Gasteiger charge is 2.10. The van der Waals surface area contributed by atoms with Crippen LogP contribution in [0.4, 0.5) is 0 Å². The minimum Gasteiger partial charge on any atom is -0.327 e. The summed E-state index contributed by atoms with van der Waals surface area (Å²) in [6.45, 7) is 4.35. The molecule has 2 rings (SSSR count). The van der Waals surface area contributed by atoms with E-state index in [4.69, 9.17) is 5.73 Å². The number of hydrogen-bond donors (Lipinski definition) is 1. The summed E-state index contributed by atoms with van der Waals surface area (Å²) in [6.07, 6.45) is 0.957. The van der Waals surface area contributed by atoms with Gasteiger partial charge in [0.25, 0.3) is 0 Å². The third-order valence-electron chi connectivity index (χ3n) is 3.19. The Labute approximate surface area is 97.3 Å². The maximum absolute atomic E-state index is 6.14. The third-order valence-corrected chi connectivity index (χ3v) is 3.19. The molecule has 0 bridgehead atoms. The zero-order valence-corrected chi connectivity index (χ0v) is 9.98. The minimum atomic E-state index is 0.241. The van der Waals surface area contributed by atoms with Gasteiger partial charge in [-0.15, -0.1) is 0 Å². The molecule has 0 radical (unpaired) electrons. The molecule has 0 spiro atoms. The van der Waals surface area contributed by atoms with Gasteiger partial charge < -0.3 is 5.73 Å². The fourth-order valence-corrected chi connectivity index (χ4v) is 1.96. The molecule has 0 aliphatic rings. The van der Waals surface area contributed by atoms with E-state index in [0.29, 0.717) is 5.92 Å². The Balaban J connectivity index is 2.37. The molecule has 2 N–H and O–H groups in total. The lowest BCUT2D eigenvalue weighted by Crippen LogP contribution is -2.28. The fraction of sp³-hybridized carbons (Fsp3) is 0.333. The van der Waals surface area contributed by atoms with Gasteiger partial charge in [0.1, 0.15) is 0 Å². The van der Waals surface area contributed by atoms with Crippen molar-refractivity contribution in [3.05, 3.63) is 48.0 Å². The molecule has 0 saturated carbocycles. The summed E-state index contributed by atoms with van der Waals surface area (Å²) in [5.41, 5.74) is 7.50. The SMILES string of the molecule is CC(C)C(N)Cc1cccc2ccccc12. The lowest BCUT2D eigenvalue weighted by Gasteiger charge is -2.16. The van der Waals surface area contributed by atoms with Crippen LogP contribution in [0.2, 0.25) is 0 Å². The predicted molar refractivity (Wildman–Crippen MR) is 70.5 cm³/mol. The van der Waals surface area contributed by atoms with Crippen molar-refractivity contribution in [1.82, 2.24) is 0 Å². The van der Waals surface area contributed by atoms with Crippen LogP contribution >= 0.6 is 0 Å². The molecule has 0 aliphatic heterocycles. The molecular weight excluding hydrogens is 194 g/mol. The fourth-order valence-electron chi connectivity index (χ4n) is 1.96. The first-order valence-corrected chi connectivity index (χ1v) is 5.90. The van der Waals surface area contributed by atoms with Gasteiger partial charge in [0, 0.05) is 6.04 Å². The largest absolute Gasteiger partial charge is 0.327 e. The van der Waals surface area contributed by atoms with E-state index >= 15 is 0 Å². The molecular formula is C15H19N. The molecule has 1 nitrogen and oxygen atoms in total. The highest BCUT2D eigenvalue weighted by atomic mass is 14.6. The van der Waals surface area contributed by atoms with Gasteiger partial charge in [-0.1, -0.05) is 56.3 Å².